The minimum atomic E-state index is -5.11. The third kappa shape index (κ3) is 8.67. The molecule has 0 spiro atoms. The van der Waals surface area contributed by atoms with E-state index in [1.165, 1.54) is 0 Å². The van der Waals surface area contributed by atoms with Gasteiger partial charge >= 0.3 is 15.6 Å². The predicted octanol–water partition coefficient (Wildman–Crippen LogP) is -2.68. The summed E-state index contributed by atoms with van der Waals surface area (Å²) >= 11 is 0. The first-order chi connectivity index (χ1) is 6.51. The van der Waals surface area contributed by atoms with Gasteiger partial charge in [-0.25, -0.2) is 9.13 Å². The summed E-state index contributed by atoms with van der Waals surface area (Å²) in [6, 6.07) is 0. The second-order valence-corrected chi connectivity index (χ2v) is 4.62. The zero-order chi connectivity index (χ0) is 12.3. The molecule has 0 bridgehead atoms. The van der Waals surface area contributed by atoms with E-state index in [9.17, 15) is 19.0 Å². The maximum absolute atomic E-state index is 10.2. The van der Waals surface area contributed by atoms with Gasteiger partial charge in [0.25, 0.3) is 0 Å². The van der Waals surface area contributed by atoms with Crippen LogP contribution in [0.4, 0.5) is 0 Å². The minimum absolute atomic E-state index is 1.25. The van der Waals surface area contributed by atoms with Crippen molar-refractivity contribution in [2.24, 2.45) is 0 Å². The molecule has 0 saturated carbocycles. The molecule has 1 atom stereocenters. The molecule has 0 fully saturated rings. The van der Waals surface area contributed by atoms with Gasteiger partial charge in [-0.1, -0.05) is 0 Å². The molecule has 0 amide bonds. The third-order valence-electron chi connectivity index (χ3n) is 0.922. The Kier molecular flexibility index (Phi) is 5.04. The van der Waals surface area contributed by atoms with Crippen LogP contribution in [0.25, 0.3) is 0 Å². The molecule has 0 aliphatic heterocycles. The van der Waals surface area contributed by atoms with Crippen LogP contribution in [0.15, 0.2) is 0 Å². The number of rotatable bonds is 6. The normalized spacial score (nSPS) is 14.9. The van der Waals surface area contributed by atoms with Gasteiger partial charge in [-0.15, -0.1) is 0 Å². The maximum Gasteiger partial charge on any atom is 0.470 e. The van der Waals surface area contributed by atoms with E-state index >= 15 is 0 Å². The van der Waals surface area contributed by atoms with Gasteiger partial charge in [0.15, 0.2) is 0 Å². The number of carboxylic acids is 1. The lowest BCUT2D eigenvalue weighted by Crippen LogP contribution is -2.39. The van der Waals surface area contributed by atoms with E-state index < -0.39 is 34.3 Å². The van der Waals surface area contributed by atoms with Crippen LogP contribution >= 0.6 is 15.6 Å². The van der Waals surface area contributed by atoms with Gasteiger partial charge in [0.05, 0.1) is 12.6 Å². The van der Waals surface area contributed by atoms with Crippen molar-refractivity contribution in [2.75, 3.05) is 6.61 Å². The third-order valence-corrected chi connectivity index (χ3v) is 1.94. The first-order valence-electron chi connectivity index (χ1n) is 3.16. The fourth-order valence-corrected chi connectivity index (χ4v) is 1.28. The molecule has 0 heterocycles. The summed E-state index contributed by atoms with van der Waals surface area (Å²) in [5, 5.41) is 10.2. The van der Waals surface area contributed by atoms with E-state index in [1.807, 2.05) is 0 Å². The van der Waals surface area contributed by atoms with Gasteiger partial charge in [-0.2, -0.15) is 0 Å². The standard InChI is InChI=1S/C3H8O10P2/c4-3(5)2(13-15(9,10)11)1-12-14(6,7)8/h2H,1H2,(H,4,5)(H2,6,7,8)(H2,9,10,11)/p-1. The molecule has 0 radical (unpaired) electrons. The molecule has 10 nitrogen and oxygen atoms in total. The second kappa shape index (κ2) is 5.15. The summed E-state index contributed by atoms with van der Waals surface area (Å²) in [5.41, 5.74) is 0. The Morgan fingerprint density at radius 2 is 1.67 bits per heavy atom. The van der Waals surface area contributed by atoms with Gasteiger partial charge in [-0.3, -0.25) is 9.05 Å². The first kappa shape index (κ1) is 14.7. The van der Waals surface area contributed by atoms with Crippen molar-refractivity contribution < 1.29 is 47.7 Å². The summed E-state index contributed by atoms with van der Waals surface area (Å²) in [5.74, 6) is -2.08. The summed E-state index contributed by atoms with van der Waals surface area (Å²) < 4.78 is 27.6. The highest BCUT2D eigenvalue weighted by Crippen LogP contribution is 2.40. The van der Waals surface area contributed by atoms with Crippen molar-refractivity contribution in [2.45, 2.75) is 6.10 Å². The van der Waals surface area contributed by atoms with Gasteiger partial charge in [0, 0.05) is 0 Å². The van der Waals surface area contributed by atoms with E-state index in [-0.39, 0.29) is 0 Å². The molecule has 0 aliphatic rings. The Morgan fingerprint density at radius 1 is 1.20 bits per heavy atom. The molecular formula is C3H7O10P2-. The summed E-state index contributed by atoms with van der Waals surface area (Å²) in [6.45, 7) is -1.25. The summed E-state index contributed by atoms with van der Waals surface area (Å²) in [6.07, 6.45) is -2.28. The fourth-order valence-electron chi connectivity index (χ4n) is 0.472. The lowest BCUT2D eigenvalue weighted by Gasteiger charge is -2.18. The van der Waals surface area contributed by atoms with Crippen LogP contribution in [0.5, 0.6) is 0 Å². The van der Waals surface area contributed by atoms with Crippen LogP contribution in [0.2, 0.25) is 0 Å². The van der Waals surface area contributed by atoms with E-state index in [4.69, 9.17) is 19.6 Å². The number of carbonyl (C=O) groups excluding carboxylic acids is 1. The molecule has 90 valence electrons. The fraction of sp³-hybridized carbons (Fsp3) is 0.667. The Balaban J connectivity index is 4.38. The van der Waals surface area contributed by atoms with Crippen LogP contribution < -0.4 is 5.11 Å². The van der Waals surface area contributed by atoms with Crippen molar-refractivity contribution in [3.05, 3.63) is 0 Å². The van der Waals surface area contributed by atoms with Crippen molar-refractivity contribution >= 4 is 21.6 Å². The molecule has 1 unspecified atom stereocenters. The zero-order valence-electron chi connectivity index (χ0n) is 6.92. The van der Waals surface area contributed by atoms with Crippen LogP contribution in [0.1, 0.15) is 0 Å². The van der Waals surface area contributed by atoms with Crippen LogP contribution in [-0.4, -0.2) is 38.3 Å². The van der Waals surface area contributed by atoms with Crippen LogP contribution in [-0.2, 0) is 23.0 Å². The molecule has 0 aromatic heterocycles. The average molecular weight is 265 g/mol. The van der Waals surface area contributed by atoms with Crippen molar-refractivity contribution in [3.8, 4) is 0 Å². The Hall–Kier alpha value is -0.310. The van der Waals surface area contributed by atoms with Crippen molar-refractivity contribution in [1.82, 2.24) is 0 Å². The minimum Gasteiger partial charge on any atom is -0.547 e. The van der Waals surface area contributed by atoms with E-state index in [1.54, 1.807) is 0 Å². The number of phosphoric acid groups is 2. The average Bonchev–Trinajstić information content (AvgIpc) is 1.93. The second-order valence-electron chi connectivity index (χ2n) is 2.19. The quantitative estimate of drug-likeness (QED) is 0.370. The number of hydrogen-bond donors (Lipinski definition) is 4. The van der Waals surface area contributed by atoms with E-state index in [2.05, 4.69) is 9.05 Å². The van der Waals surface area contributed by atoms with Gasteiger partial charge in [-0.05, 0) is 0 Å². The lowest BCUT2D eigenvalue weighted by atomic mass is 10.4. The van der Waals surface area contributed by atoms with E-state index in [0.29, 0.717) is 0 Å². The highest BCUT2D eigenvalue weighted by molar-refractivity contribution is 7.46. The molecule has 0 saturated heterocycles. The number of carboxylic acid groups (broad SMARTS) is 1. The first-order valence-corrected chi connectivity index (χ1v) is 6.22. The molecular weight excluding hydrogens is 258 g/mol. The van der Waals surface area contributed by atoms with Crippen LogP contribution in [0, 0.1) is 0 Å². The Bertz CT molecular complexity index is 311. The molecule has 4 N–H and O–H groups in total. The SMILES string of the molecule is O=C([O-])C(COP(=O)(O)O)OP(=O)(O)O. The molecule has 0 aromatic carbocycles. The molecule has 12 heteroatoms. The maximum atomic E-state index is 10.2. The number of aliphatic carboxylic acids is 1. The van der Waals surface area contributed by atoms with Crippen molar-refractivity contribution in [3.63, 3.8) is 0 Å². The Morgan fingerprint density at radius 3 is 1.93 bits per heavy atom. The number of hydrogen-bond acceptors (Lipinski definition) is 6. The zero-order valence-corrected chi connectivity index (χ0v) is 8.71. The number of carbonyl (C=O) groups is 1. The largest absolute Gasteiger partial charge is 0.547 e. The van der Waals surface area contributed by atoms with Gasteiger partial charge in [0.1, 0.15) is 6.10 Å². The number of phosphoric ester groups is 2. The van der Waals surface area contributed by atoms with Gasteiger partial charge < -0.3 is 29.5 Å². The Labute approximate surface area is 82.9 Å². The molecule has 15 heavy (non-hydrogen) atoms. The van der Waals surface area contributed by atoms with Gasteiger partial charge in [0.2, 0.25) is 0 Å². The monoisotopic (exact) mass is 265 g/mol. The highest BCUT2D eigenvalue weighted by Gasteiger charge is 2.26. The molecule has 0 aromatic rings. The van der Waals surface area contributed by atoms with Crippen LogP contribution in [0.3, 0.4) is 0 Å². The lowest BCUT2D eigenvalue weighted by molar-refractivity contribution is -0.314. The molecule has 0 aliphatic carbocycles. The molecule has 0 rings (SSSR count). The smallest absolute Gasteiger partial charge is 0.470 e. The predicted molar refractivity (Wildman–Crippen MR) is 39.9 cm³/mol. The summed E-state index contributed by atoms with van der Waals surface area (Å²) in [4.78, 5) is 43.0. The summed E-state index contributed by atoms with van der Waals surface area (Å²) in [7, 11) is -10.1. The van der Waals surface area contributed by atoms with E-state index in [0.717, 1.165) is 0 Å². The highest BCUT2D eigenvalue weighted by atomic mass is 31.2. The van der Waals surface area contributed by atoms with Crippen molar-refractivity contribution in [1.29, 1.82) is 0 Å². The topological polar surface area (TPSA) is 174 Å².